The second-order valence-corrected chi connectivity index (χ2v) is 8.01. The maximum atomic E-state index is 12.6. The Bertz CT molecular complexity index is 972. The van der Waals surface area contributed by atoms with E-state index in [4.69, 9.17) is 23.2 Å². The van der Waals surface area contributed by atoms with Crippen molar-refractivity contribution in [3.8, 4) is 5.69 Å². The molecule has 0 saturated heterocycles. The summed E-state index contributed by atoms with van der Waals surface area (Å²) < 4.78 is 29.6. The number of sulfonamides is 1. The summed E-state index contributed by atoms with van der Waals surface area (Å²) in [6.07, 6.45) is 5.23. The zero-order valence-electron chi connectivity index (χ0n) is 13.2. The third-order valence-electron chi connectivity index (χ3n) is 3.71. The summed E-state index contributed by atoms with van der Waals surface area (Å²) in [5.41, 5.74) is 1.76. The van der Waals surface area contributed by atoms with Gasteiger partial charge in [-0.15, -0.1) is 0 Å². The van der Waals surface area contributed by atoms with Crippen LogP contribution in [0.25, 0.3) is 5.69 Å². The Balaban J connectivity index is 1.81. The molecule has 1 aromatic heterocycles. The Morgan fingerprint density at radius 2 is 1.84 bits per heavy atom. The van der Waals surface area contributed by atoms with Gasteiger partial charge in [0.15, 0.2) is 0 Å². The number of benzene rings is 2. The second-order valence-electron chi connectivity index (χ2n) is 5.48. The molecule has 5 nitrogen and oxygen atoms in total. The van der Waals surface area contributed by atoms with Crippen molar-refractivity contribution in [1.29, 1.82) is 0 Å². The van der Waals surface area contributed by atoms with Crippen LogP contribution in [0.15, 0.2) is 66.1 Å². The molecule has 0 amide bonds. The Labute approximate surface area is 156 Å². The van der Waals surface area contributed by atoms with E-state index in [1.807, 2.05) is 35.0 Å². The van der Waals surface area contributed by atoms with Crippen molar-refractivity contribution in [1.82, 2.24) is 14.3 Å². The third-order valence-corrected chi connectivity index (χ3v) is 5.97. The molecule has 0 aliphatic heterocycles. The smallest absolute Gasteiger partial charge is 0.242 e. The highest BCUT2D eigenvalue weighted by molar-refractivity contribution is 7.89. The van der Waals surface area contributed by atoms with E-state index >= 15 is 0 Å². The van der Waals surface area contributed by atoms with Crippen LogP contribution in [0, 0.1) is 0 Å². The molecule has 25 heavy (non-hydrogen) atoms. The van der Waals surface area contributed by atoms with Crippen molar-refractivity contribution >= 4 is 33.2 Å². The molecule has 3 rings (SSSR count). The van der Waals surface area contributed by atoms with Crippen LogP contribution in [0.2, 0.25) is 10.0 Å². The summed E-state index contributed by atoms with van der Waals surface area (Å²) in [6.45, 7) is 1.77. The lowest BCUT2D eigenvalue weighted by Crippen LogP contribution is -2.27. The minimum atomic E-state index is -3.80. The molecule has 130 valence electrons. The van der Waals surface area contributed by atoms with E-state index in [2.05, 4.69) is 9.71 Å². The van der Waals surface area contributed by atoms with Gasteiger partial charge in [0, 0.05) is 29.1 Å². The normalized spacial score (nSPS) is 12.9. The molecule has 2 aromatic carbocycles. The summed E-state index contributed by atoms with van der Waals surface area (Å²) in [5.74, 6) is 0. The Kier molecular flexibility index (Phi) is 5.15. The van der Waals surface area contributed by atoms with E-state index in [-0.39, 0.29) is 9.92 Å². The van der Waals surface area contributed by atoms with E-state index in [1.54, 1.807) is 25.5 Å². The largest absolute Gasteiger partial charge is 0.306 e. The molecule has 1 atom stereocenters. The first kappa shape index (κ1) is 17.9. The van der Waals surface area contributed by atoms with E-state index in [9.17, 15) is 8.42 Å². The summed E-state index contributed by atoms with van der Waals surface area (Å²) in [7, 11) is -3.80. The summed E-state index contributed by atoms with van der Waals surface area (Å²) in [4.78, 5) is 3.96. The molecule has 0 aliphatic carbocycles. The minimum absolute atomic E-state index is 0.0384. The lowest BCUT2D eigenvalue weighted by atomic mass is 10.1. The average molecular weight is 396 g/mol. The molecule has 0 unspecified atom stereocenters. The third kappa shape index (κ3) is 4.04. The first-order chi connectivity index (χ1) is 11.9. The van der Waals surface area contributed by atoms with Crippen LogP contribution in [0.4, 0.5) is 0 Å². The zero-order chi connectivity index (χ0) is 18.0. The summed E-state index contributed by atoms with van der Waals surface area (Å²) in [6, 6.07) is 11.4. The standard InChI is InChI=1S/C17H15Cl2N3O2S/c1-12(13-2-5-15(6-3-13)22-9-8-20-11-22)21-25(23,24)17-10-14(18)4-7-16(17)19/h2-12,21H,1H3/t12-/m1/s1. The average Bonchev–Trinajstić information content (AvgIpc) is 3.11. The van der Waals surface area contributed by atoms with Crippen LogP contribution in [0.5, 0.6) is 0 Å². The maximum absolute atomic E-state index is 12.6. The molecule has 0 aliphatic rings. The molecule has 8 heteroatoms. The Morgan fingerprint density at radius 1 is 1.12 bits per heavy atom. The molecular weight excluding hydrogens is 381 g/mol. The first-order valence-electron chi connectivity index (χ1n) is 7.42. The van der Waals surface area contributed by atoms with Crippen LogP contribution in [0.1, 0.15) is 18.5 Å². The van der Waals surface area contributed by atoms with Gasteiger partial charge < -0.3 is 4.57 Å². The van der Waals surface area contributed by atoms with Crippen molar-refractivity contribution in [2.75, 3.05) is 0 Å². The van der Waals surface area contributed by atoms with E-state index < -0.39 is 16.1 Å². The number of halogens is 2. The van der Waals surface area contributed by atoms with Gasteiger partial charge in [-0.2, -0.15) is 0 Å². The summed E-state index contributed by atoms with van der Waals surface area (Å²) in [5, 5.41) is 0.432. The van der Waals surface area contributed by atoms with Crippen molar-refractivity contribution in [2.45, 2.75) is 17.9 Å². The topological polar surface area (TPSA) is 64.0 Å². The molecule has 1 N–H and O–H groups in total. The highest BCUT2D eigenvalue weighted by Crippen LogP contribution is 2.26. The number of rotatable bonds is 5. The number of hydrogen-bond donors (Lipinski definition) is 1. The summed E-state index contributed by atoms with van der Waals surface area (Å²) >= 11 is 11.9. The molecule has 0 saturated carbocycles. The maximum Gasteiger partial charge on any atom is 0.242 e. The number of aromatic nitrogens is 2. The predicted molar refractivity (Wildman–Crippen MR) is 98.8 cm³/mol. The Morgan fingerprint density at radius 3 is 2.48 bits per heavy atom. The highest BCUT2D eigenvalue weighted by atomic mass is 35.5. The lowest BCUT2D eigenvalue weighted by Gasteiger charge is -2.16. The highest BCUT2D eigenvalue weighted by Gasteiger charge is 2.21. The second kappa shape index (κ2) is 7.17. The fraction of sp³-hybridized carbons (Fsp3) is 0.118. The van der Waals surface area contributed by atoms with Gasteiger partial charge in [0.2, 0.25) is 10.0 Å². The Hall–Kier alpha value is -1.86. The van der Waals surface area contributed by atoms with Crippen LogP contribution in [-0.2, 0) is 10.0 Å². The minimum Gasteiger partial charge on any atom is -0.306 e. The van der Waals surface area contributed by atoms with Gasteiger partial charge in [-0.1, -0.05) is 35.3 Å². The van der Waals surface area contributed by atoms with Gasteiger partial charge in [-0.05, 0) is 42.8 Å². The molecule has 0 bridgehead atoms. The predicted octanol–water partition coefficient (Wildman–Crippen LogP) is 4.22. The number of nitrogens with zero attached hydrogens (tertiary/aromatic N) is 2. The van der Waals surface area contributed by atoms with E-state index in [0.29, 0.717) is 5.02 Å². The van der Waals surface area contributed by atoms with Gasteiger partial charge in [0.25, 0.3) is 0 Å². The van der Waals surface area contributed by atoms with E-state index in [1.165, 1.54) is 12.1 Å². The first-order valence-corrected chi connectivity index (χ1v) is 9.66. The van der Waals surface area contributed by atoms with Crippen LogP contribution in [0.3, 0.4) is 0 Å². The fourth-order valence-corrected chi connectivity index (χ4v) is 4.39. The zero-order valence-corrected chi connectivity index (χ0v) is 15.6. The fourth-order valence-electron chi connectivity index (χ4n) is 2.39. The van der Waals surface area contributed by atoms with Crippen LogP contribution in [-0.4, -0.2) is 18.0 Å². The number of hydrogen-bond acceptors (Lipinski definition) is 3. The number of imidazole rings is 1. The van der Waals surface area contributed by atoms with Crippen molar-refractivity contribution in [3.63, 3.8) is 0 Å². The lowest BCUT2D eigenvalue weighted by molar-refractivity contribution is 0.567. The quantitative estimate of drug-likeness (QED) is 0.703. The molecule has 0 fully saturated rings. The van der Waals surface area contributed by atoms with Gasteiger partial charge in [0.1, 0.15) is 4.90 Å². The van der Waals surface area contributed by atoms with Gasteiger partial charge in [-0.3, -0.25) is 0 Å². The molecular formula is C17H15Cl2N3O2S. The van der Waals surface area contributed by atoms with Crippen molar-refractivity contribution in [3.05, 3.63) is 76.8 Å². The van der Waals surface area contributed by atoms with Gasteiger partial charge >= 0.3 is 0 Å². The van der Waals surface area contributed by atoms with Crippen molar-refractivity contribution < 1.29 is 8.42 Å². The molecule has 3 aromatic rings. The van der Waals surface area contributed by atoms with Crippen LogP contribution >= 0.6 is 23.2 Å². The SMILES string of the molecule is C[C@@H](NS(=O)(=O)c1cc(Cl)ccc1Cl)c1ccc(-n2ccnc2)cc1. The molecule has 0 radical (unpaired) electrons. The molecule has 0 spiro atoms. The monoisotopic (exact) mass is 395 g/mol. The van der Waals surface area contributed by atoms with Gasteiger partial charge in [-0.25, -0.2) is 18.1 Å². The van der Waals surface area contributed by atoms with Crippen molar-refractivity contribution in [2.24, 2.45) is 0 Å². The molecule has 1 heterocycles. The van der Waals surface area contributed by atoms with E-state index in [0.717, 1.165) is 11.3 Å². The van der Waals surface area contributed by atoms with Gasteiger partial charge in [0.05, 0.1) is 11.3 Å². The number of nitrogens with one attached hydrogen (secondary N) is 1. The van der Waals surface area contributed by atoms with Crippen LogP contribution < -0.4 is 4.72 Å².